The lowest BCUT2D eigenvalue weighted by molar-refractivity contribution is -0.136. The van der Waals surface area contributed by atoms with Crippen molar-refractivity contribution in [3.8, 4) is 11.4 Å². The highest BCUT2D eigenvalue weighted by molar-refractivity contribution is 7.99. The Kier molecular flexibility index (Phi) is 8.23. The number of carboxylic acid groups (broad SMARTS) is 1. The van der Waals surface area contributed by atoms with E-state index in [2.05, 4.69) is 42.5 Å². The number of halogens is 1. The number of nitrogens with one attached hydrogen (secondary N) is 1. The molecule has 0 saturated carbocycles. The van der Waals surface area contributed by atoms with Gasteiger partial charge in [0.15, 0.2) is 0 Å². The third kappa shape index (κ3) is 6.51. The van der Waals surface area contributed by atoms with Crippen molar-refractivity contribution in [1.29, 1.82) is 0 Å². The van der Waals surface area contributed by atoms with Crippen LogP contribution >= 0.6 is 23.4 Å². The maximum atomic E-state index is 10.6. The fourth-order valence-corrected chi connectivity index (χ4v) is 5.02. The third-order valence-corrected chi connectivity index (χ3v) is 7.20. The van der Waals surface area contributed by atoms with Crippen LogP contribution < -0.4 is 5.32 Å². The van der Waals surface area contributed by atoms with Crippen LogP contribution in [0.25, 0.3) is 11.4 Å². The van der Waals surface area contributed by atoms with Gasteiger partial charge in [-0.1, -0.05) is 65.3 Å². The Bertz CT molecular complexity index is 1310. The van der Waals surface area contributed by atoms with Gasteiger partial charge < -0.3 is 14.9 Å². The summed E-state index contributed by atoms with van der Waals surface area (Å²) >= 11 is 8.19. The number of nitrogens with zero attached hydrogens (tertiary/aromatic N) is 2. The van der Waals surface area contributed by atoms with Gasteiger partial charge in [0.1, 0.15) is 5.25 Å². The minimum absolute atomic E-state index is 0.0937. The normalized spacial score (nSPS) is 12.0. The molecule has 6 nitrogen and oxygen atoms in total. The highest BCUT2D eigenvalue weighted by Gasteiger charge is 2.25. The third-order valence-electron chi connectivity index (χ3n) is 5.64. The quantitative estimate of drug-likeness (QED) is 0.188. The van der Waals surface area contributed by atoms with Gasteiger partial charge in [0, 0.05) is 28.6 Å². The van der Waals surface area contributed by atoms with E-state index in [0.29, 0.717) is 29.8 Å². The number of thioether (sulfide) groups is 1. The summed E-state index contributed by atoms with van der Waals surface area (Å²) < 4.78 is 5.74. The smallest absolute Gasteiger partial charge is 0.304 e. The zero-order valence-corrected chi connectivity index (χ0v) is 21.1. The molecule has 0 aliphatic carbocycles. The summed E-state index contributed by atoms with van der Waals surface area (Å²) in [7, 11) is 0. The topological polar surface area (TPSA) is 88.2 Å². The van der Waals surface area contributed by atoms with E-state index in [4.69, 9.17) is 26.2 Å². The molecule has 1 heterocycles. The number of carbonyl (C=O) groups is 1. The first-order chi connectivity index (χ1) is 16.9. The molecule has 35 heavy (non-hydrogen) atoms. The molecule has 1 atom stereocenters. The van der Waals surface area contributed by atoms with E-state index < -0.39 is 5.97 Å². The maximum Gasteiger partial charge on any atom is 0.304 e. The second kappa shape index (κ2) is 11.5. The molecule has 0 bridgehead atoms. The first kappa shape index (κ1) is 25.0. The van der Waals surface area contributed by atoms with E-state index in [0.717, 1.165) is 21.6 Å². The van der Waals surface area contributed by atoms with Crippen LogP contribution in [0, 0.1) is 13.8 Å². The number of aliphatic carboxylic acids is 1. The van der Waals surface area contributed by atoms with Crippen molar-refractivity contribution in [2.24, 2.45) is 0 Å². The number of benzene rings is 3. The van der Waals surface area contributed by atoms with E-state index in [1.165, 1.54) is 11.1 Å². The molecular formula is C27H26ClN3O3S. The minimum Gasteiger partial charge on any atom is -0.481 e. The molecule has 0 saturated heterocycles. The molecule has 0 spiro atoms. The van der Waals surface area contributed by atoms with Crippen molar-refractivity contribution in [1.82, 2.24) is 15.5 Å². The SMILES string of the molecule is Cc1ccc(SC(c2nc(-c3ccc(CNCCC(=O)O)cc3)no2)c2ccccc2Cl)cc1C. The molecule has 180 valence electrons. The van der Waals surface area contributed by atoms with E-state index in [1.807, 2.05) is 48.5 Å². The Labute approximate surface area is 213 Å². The average Bonchev–Trinajstić information content (AvgIpc) is 3.33. The first-order valence-electron chi connectivity index (χ1n) is 11.2. The molecule has 1 unspecified atom stereocenters. The van der Waals surface area contributed by atoms with Gasteiger partial charge in [-0.15, -0.1) is 11.8 Å². The van der Waals surface area contributed by atoms with Gasteiger partial charge in [0.25, 0.3) is 0 Å². The van der Waals surface area contributed by atoms with Crippen molar-refractivity contribution in [3.05, 3.63) is 99.9 Å². The molecule has 4 rings (SSSR count). The fraction of sp³-hybridized carbons (Fsp3) is 0.222. The van der Waals surface area contributed by atoms with E-state index >= 15 is 0 Å². The Morgan fingerprint density at radius 1 is 1.09 bits per heavy atom. The molecule has 0 radical (unpaired) electrons. The number of aromatic nitrogens is 2. The minimum atomic E-state index is -0.813. The predicted molar refractivity (Wildman–Crippen MR) is 139 cm³/mol. The van der Waals surface area contributed by atoms with E-state index in [9.17, 15) is 4.79 Å². The number of hydrogen-bond acceptors (Lipinski definition) is 6. The number of carboxylic acids is 1. The van der Waals surface area contributed by atoms with Gasteiger partial charge >= 0.3 is 5.97 Å². The standard InChI is InChI=1S/C27H26ClN3O3S/c1-17-7-12-21(15-18(17)2)35-25(22-5-3-4-6-23(22)28)27-30-26(31-34-27)20-10-8-19(9-11-20)16-29-14-13-24(32)33/h3-12,15,25,29H,13-14,16H2,1-2H3,(H,32,33). The summed E-state index contributed by atoms with van der Waals surface area (Å²) in [6, 6.07) is 21.9. The molecule has 0 fully saturated rings. The molecule has 0 aliphatic rings. The van der Waals surface area contributed by atoms with E-state index in [-0.39, 0.29) is 11.7 Å². The molecule has 3 aromatic carbocycles. The van der Waals surface area contributed by atoms with Crippen molar-refractivity contribution in [2.75, 3.05) is 6.54 Å². The van der Waals surface area contributed by atoms with Crippen molar-refractivity contribution < 1.29 is 14.4 Å². The Morgan fingerprint density at radius 2 is 1.86 bits per heavy atom. The Balaban J connectivity index is 1.55. The van der Waals surface area contributed by atoms with Gasteiger partial charge in [-0.2, -0.15) is 4.98 Å². The van der Waals surface area contributed by atoms with Crippen LogP contribution in [-0.4, -0.2) is 27.8 Å². The van der Waals surface area contributed by atoms with E-state index in [1.54, 1.807) is 11.8 Å². The maximum absolute atomic E-state index is 10.6. The van der Waals surface area contributed by atoms with Gasteiger partial charge in [0.05, 0.1) is 6.42 Å². The predicted octanol–water partition coefficient (Wildman–Crippen LogP) is 6.45. The lowest BCUT2D eigenvalue weighted by Gasteiger charge is -2.15. The average molecular weight is 508 g/mol. The molecule has 0 amide bonds. The molecule has 1 aromatic heterocycles. The highest BCUT2D eigenvalue weighted by atomic mass is 35.5. The summed E-state index contributed by atoms with van der Waals surface area (Å²) in [5.41, 5.74) is 5.25. The number of rotatable bonds is 10. The Hall–Kier alpha value is -3.13. The van der Waals surface area contributed by atoms with Crippen LogP contribution in [0.5, 0.6) is 0 Å². The number of hydrogen-bond donors (Lipinski definition) is 2. The van der Waals surface area contributed by atoms with Crippen molar-refractivity contribution >= 4 is 29.3 Å². The second-order valence-electron chi connectivity index (χ2n) is 8.24. The van der Waals surface area contributed by atoms with Gasteiger partial charge in [-0.05, 0) is 54.3 Å². The van der Waals surface area contributed by atoms with Crippen LogP contribution in [0.3, 0.4) is 0 Å². The van der Waals surface area contributed by atoms with Gasteiger partial charge in [-0.25, -0.2) is 0 Å². The molecule has 4 aromatic rings. The highest BCUT2D eigenvalue weighted by Crippen LogP contribution is 2.43. The summed E-state index contributed by atoms with van der Waals surface area (Å²) in [6.45, 7) is 5.20. The lowest BCUT2D eigenvalue weighted by atomic mass is 10.1. The van der Waals surface area contributed by atoms with Crippen LogP contribution in [0.15, 0.2) is 76.1 Å². The molecular weight excluding hydrogens is 482 g/mol. The summed E-state index contributed by atoms with van der Waals surface area (Å²) in [4.78, 5) is 16.4. The van der Waals surface area contributed by atoms with Crippen molar-refractivity contribution in [2.45, 2.75) is 37.0 Å². The Morgan fingerprint density at radius 3 is 2.57 bits per heavy atom. The van der Waals surface area contributed by atoms with Gasteiger partial charge in [-0.3, -0.25) is 4.79 Å². The van der Waals surface area contributed by atoms with Crippen LogP contribution in [0.2, 0.25) is 5.02 Å². The number of aryl methyl sites for hydroxylation is 2. The zero-order chi connectivity index (χ0) is 24.8. The van der Waals surface area contributed by atoms with Crippen LogP contribution in [0.1, 0.15) is 39.8 Å². The molecule has 0 aliphatic heterocycles. The molecule has 8 heteroatoms. The van der Waals surface area contributed by atoms with Crippen LogP contribution in [0.4, 0.5) is 0 Å². The second-order valence-corrected chi connectivity index (χ2v) is 9.82. The summed E-state index contributed by atoms with van der Waals surface area (Å²) in [6.07, 6.45) is 0.0937. The van der Waals surface area contributed by atoms with Gasteiger partial charge in [0.2, 0.25) is 11.7 Å². The van der Waals surface area contributed by atoms with Crippen molar-refractivity contribution in [3.63, 3.8) is 0 Å². The van der Waals surface area contributed by atoms with Crippen LogP contribution in [-0.2, 0) is 11.3 Å². The fourth-order valence-electron chi connectivity index (χ4n) is 3.52. The summed E-state index contributed by atoms with van der Waals surface area (Å²) in [5.74, 6) is 0.172. The first-order valence-corrected chi connectivity index (χ1v) is 12.5. The zero-order valence-electron chi connectivity index (χ0n) is 19.5. The largest absolute Gasteiger partial charge is 0.481 e. The monoisotopic (exact) mass is 507 g/mol. The lowest BCUT2D eigenvalue weighted by Crippen LogP contribution is -2.17. The molecule has 2 N–H and O–H groups in total. The summed E-state index contributed by atoms with van der Waals surface area (Å²) in [5, 5.41) is 16.5.